The van der Waals surface area contributed by atoms with Gasteiger partial charge in [-0.2, -0.15) is 0 Å². The van der Waals surface area contributed by atoms with Crippen molar-refractivity contribution in [1.82, 2.24) is 0 Å². The molecule has 2 rings (SSSR count). The highest BCUT2D eigenvalue weighted by molar-refractivity contribution is 5.11. The Morgan fingerprint density at radius 1 is 0.786 bits per heavy atom. The van der Waals surface area contributed by atoms with Crippen LogP contribution in [0.1, 0.15) is 58.8 Å². The van der Waals surface area contributed by atoms with Crippen LogP contribution in [-0.4, -0.2) is 21.4 Å². The van der Waals surface area contributed by atoms with Gasteiger partial charge in [-0.15, -0.1) is 0 Å². The van der Waals surface area contributed by atoms with Crippen LogP contribution in [0.15, 0.2) is 0 Å². The van der Waals surface area contributed by atoms with Crippen molar-refractivity contribution in [3.8, 4) is 0 Å². The zero-order valence-corrected chi connectivity index (χ0v) is 9.34. The molecule has 0 bridgehead atoms. The van der Waals surface area contributed by atoms with Crippen molar-refractivity contribution in [2.75, 3.05) is 0 Å². The summed E-state index contributed by atoms with van der Waals surface area (Å²) in [5.74, 6) is 0. The largest absolute Gasteiger partial charge is 0.387 e. The molecule has 3 atom stereocenters. The molecule has 0 aromatic carbocycles. The van der Waals surface area contributed by atoms with Gasteiger partial charge in [-0.3, -0.25) is 0 Å². The third-order valence-corrected chi connectivity index (χ3v) is 4.80. The molecule has 2 heteroatoms. The van der Waals surface area contributed by atoms with Crippen molar-refractivity contribution in [3.05, 3.63) is 0 Å². The summed E-state index contributed by atoms with van der Waals surface area (Å²) in [7, 11) is 0. The van der Waals surface area contributed by atoms with Crippen LogP contribution < -0.4 is 0 Å². The zero-order chi connectivity index (χ0) is 10.4. The minimum Gasteiger partial charge on any atom is -0.387 e. The van der Waals surface area contributed by atoms with Gasteiger partial charge in [-0.1, -0.05) is 19.8 Å². The van der Waals surface area contributed by atoms with E-state index in [9.17, 15) is 10.2 Å². The van der Waals surface area contributed by atoms with E-state index in [1.807, 2.05) is 6.92 Å². The average Bonchev–Trinajstić information content (AvgIpc) is 2.08. The maximum atomic E-state index is 10.7. The van der Waals surface area contributed by atoms with E-state index in [0.717, 1.165) is 38.5 Å². The lowest BCUT2D eigenvalue weighted by molar-refractivity contribution is -0.243. The molecule has 0 saturated heterocycles. The predicted molar refractivity (Wildman–Crippen MR) is 56.0 cm³/mol. The minimum atomic E-state index is -0.875. The van der Waals surface area contributed by atoms with Gasteiger partial charge in [0.25, 0.3) is 0 Å². The van der Waals surface area contributed by atoms with E-state index in [4.69, 9.17) is 0 Å². The average molecular weight is 198 g/mol. The summed E-state index contributed by atoms with van der Waals surface area (Å²) in [5, 5.41) is 21.1. The highest BCUT2D eigenvalue weighted by Crippen LogP contribution is 2.56. The molecule has 0 heterocycles. The quantitative estimate of drug-likeness (QED) is 0.626. The molecule has 2 nitrogen and oxygen atoms in total. The Kier molecular flexibility index (Phi) is 2.20. The third-order valence-electron chi connectivity index (χ3n) is 4.80. The molecule has 0 aromatic rings. The molecule has 2 aliphatic rings. The van der Waals surface area contributed by atoms with Gasteiger partial charge in [-0.25, -0.2) is 0 Å². The summed E-state index contributed by atoms with van der Waals surface area (Å²) in [6.07, 6.45) is 6.97. The van der Waals surface area contributed by atoms with Gasteiger partial charge in [0.2, 0.25) is 0 Å². The fourth-order valence-corrected chi connectivity index (χ4v) is 3.69. The summed E-state index contributed by atoms with van der Waals surface area (Å²) in [6.45, 7) is 3.97. The van der Waals surface area contributed by atoms with Crippen LogP contribution in [0.2, 0.25) is 0 Å². The van der Waals surface area contributed by atoms with Crippen LogP contribution in [0.3, 0.4) is 0 Å². The van der Waals surface area contributed by atoms with Crippen molar-refractivity contribution in [3.63, 3.8) is 0 Å². The Balaban J connectivity index is 2.36. The van der Waals surface area contributed by atoms with Gasteiger partial charge < -0.3 is 10.2 Å². The van der Waals surface area contributed by atoms with Crippen molar-refractivity contribution in [1.29, 1.82) is 0 Å². The first-order chi connectivity index (χ1) is 6.41. The Labute approximate surface area is 86.3 Å². The number of rotatable bonds is 0. The first-order valence-electron chi connectivity index (χ1n) is 5.86. The van der Waals surface area contributed by atoms with Crippen LogP contribution in [0.25, 0.3) is 0 Å². The van der Waals surface area contributed by atoms with E-state index < -0.39 is 11.2 Å². The fraction of sp³-hybridized carbons (Fsp3) is 1.00. The van der Waals surface area contributed by atoms with Crippen LogP contribution in [0.5, 0.6) is 0 Å². The predicted octanol–water partition coefficient (Wildman–Crippen LogP) is 2.23. The lowest BCUT2D eigenvalue weighted by Gasteiger charge is -2.58. The molecule has 0 amide bonds. The second-order valence-electron chi connectivity index (χ2n) is 5.76. The number of hydrogen-bond donors (Lipinski definition) is 2. The first-order valence-corrected chi connectivity index (χ1v) is 5.86. The van der Waals surface area contributed by atoms with Crippen LogP contribution >= 0.6 is 0 Å². The number of aliphatic hydroxyl groups is 2. The Hall–Kier alpha value is -0.0800. The van der Waals surface area contributed by atoms with Crippen LogP contribution in [0.4, 0.5) is 0 Å². The van der Waals surface area contributed by atoms with Gasteiger partial charge >= 0.3 is 0 Å². The smallest absolute Gasteiger partial charge is 0.0983 e. The SMILES string of the molecule is CC1(O)CCCC2(C)CCCCC12O. The van der Waals surface area contributed by atoms with E-state index in [0.29, 0.717) is 0 Å². The second kappa shape index (κ2) is 2.96. The monoisotopic (exact) mass is 198 g/mol. The summed E-state index contributed by atoms with van der Waals surface area (Å²) in [4.78, 5) is 0. The molecule has 3 unspecified atom stereocenters. The number of hydrogen-bond acceptors (Lipinski definition) is 2. The minimum absolute atomic E-state index is 0.0486. The van der Waals surface area contributed by atoms with E-state index in [1.165, 1.54) is 6.42 Å². The second-order valence-corrected chi connectivity index (χ2v) is 5.76. The Morgan fingerprint density at radius 2 is 1.36 bits per heavy atom. The fourth-order valence-electron chi connectivity index (χ4n) is 3.69. The van der Waals surface area contributed by atoms with Crippen LogP contribution in [-0.2, 0) is 0 Å². The van der Waals surface area contributed by atoms with Gasteiger partial charge in [0, 0.05) is 0 Å². The molecule has 2 fully saturated rings. The Morgan fingerprint density at radius 3 is 2.00 bits per heavy atom. The Bertz CT molecular complexity index is 232. The highest BCUT2D eigenvalue weighted by Gasteiger charge is 2.60. The number of fused-ring (bicyclic) bond motifs is 1. The van der Waals surface area contributed by atoms with E-state index >= 15 is 0 Å². The lowest BCUT2D eigenvalue weighted by Crippen LogP contribution is -2.65. The molecule has 14 heavy (non-hydrogen) atoms. The standard InChI is InChI=1S/C12H22O2/c1-10-6-3-4-9-12(10,14)11(2,13)8-5-7-10/h13-14H,3-9H2,1-2H3. The normalized spacial score (nSPS) is 54.0. The zero-order valence-electron chi connectivity index (χ0n) is 9.34. The topological polar surface area (TPSA) is 40.5 Å². The van der Waals surface area contributed by atoms with Gasteiger partial charge in [0.1, 0.15) is 0 Å². The van der Waals surface area contributed by atoms with E-state index in [1.54, 1.807) is 0 Å². The van der Waals surface area contributed by atoms with Gasteiger partial charge in [-0.05, 0) is 44.4 Å². The summed E-state index contributed by atoms with van der Waals surface area (Å²) in [5.41, 5.74) is -1.76. The molecule has 0 aromatic heterocycles. The maximum Gasteiger partial charge on any atom is 0.0983 e. The van der Waals surface area contributed by atoms with Crippen molar-refractivity contribution in [2.45, 2.75) is 70.0 Å². The van der Waals surface area contributed by atoms with Crippen molar-refractivity contribution in [2.24, 2.45) is 5.41 Å². The van der Waals surface area contributed by atoms with Gasteiger partial charge in [0.15, 0.2) is 0 Å². The lowest BCUT2D eigenvalue weighted by atomic mass is 9.52. The molecule has 82 valence electrons. The molecule has 0 spiro atoms. The molecule has 0 aliphatic heterocycles. The molecule has 0 radical (unpaired) electrons. The summed E-state index contributed by atoms with van der Waals surface area (Å²) < 4.78 is 0. The molecule has 2 N–H and O–H groups in total. The molecule has 2 aliphatic carbocycles. The highest BCUT2D eigenvalue weighted by atomic mass is 16.4. The molecular weight excluding hydrogens is 176 g/mol. The van der Waals surface area contributed by atoms with Gasteiger partial charge in [0.05, 0.1) is 11.2 Å². The summed E-state index contributed by atoms with van der Waals surface area (Å²) in [6, 6.07) is 0. The third kappa shape index (κ3) is 1.17. The van der Waals surface area contributed by atoms with Crippen molar-refractivity contribution < 1.29 is 10.2 Å². The first kappa shape index (κ1) is 10.4. The van der Waals surface area contributed by atoms with Crippen molar-refractivity contribution >= 4 is 0 Å². The van der Waals surface area contributed by atoms with Crippen LogP contribution in [0, 0.1) is 5.41 Å². The summed E-state index contributed by atoms with van der Waals surface area (Å²) >= 11 is 0. The maximum absolute atomic E-state index is 10.7. The van der Waals surface area contributed by atoms with E-state index in [2.05, 4.69) is 6.92 Å². The van der Waals surface area contributed by atoms with E-state index in [-0.39, 0.29) is 5.41 Å². The molecular formula is C12H22O2. The molecule has 2 saturated carbocycles.